The average molecular weight is 495 g/mol. The Balaban J connectivity index is 0.00000103. The monoisotopic (exact) mass is 494 g/mol. The summed E-state index contributed by atoms with van der Waals surface area (Å²) in [5, 5.41) is 0.641. The molecule has 0 amide bonds. The van der Waals surface area contributed by atoms with E-state index in [-0.39, 0.29) is 5.69 Å². The maximum Gasteiger partial charge on any atom is 0.357 e. The van der Waals surface area contributed by atoms with Crippen molar-refractivity contribution in [1.29, 1.82) is 0 Å². The quantitative estimate of drug-likeness (QED) is 0.311. The van der Waals surface area contributed by atoms with E-state index in [0.29, 0.717) is 24.1 Å². The largest absolute Gasteiger partial charge is 0.488 e. The van der Waals surface area contributed by atoms with Crippen molar-refractivity contribution in [2.75, 3.05) is 6.61 Å². The second-order valence-corrected chi connectivity index (χ2v) is 7.65. The topological polar surface area (TPSA) is 61.3 Å². The maximum atomic E-state index is 12.1. The van der Waals surface area contributed by atoms with Crippen LogP contribution in [0.15, 0.2) is 60.8 Å². The number of carbonyl (C=O) groups is 1. The number of hydrogen-bond donors (Lipinski definition) is 0. The maximum absolute atomic E-state index is 12.1. The van der Waals surface area contributed by atoms with Crippen LogP contribution in [0.2, 0.25) is 5.02 Å². The minimum atomic E-state index is -0.444. The number of carbonyl (C=O) groups excluding carboxylic acids is 1. The highest BCUT2D eigenvalue weighted by Gasteiger charge is 2.23. The van der Waals surface area contributed by atoms with Gasteiger partial charge < -0.3 is 9.47 Å². The van der Waals surface area contributed by atoms with Crippen molar-refractivity contribution in [1.82, 2.24) is 9.97 Å². The number of nitrogens with zero attached hydrogens (tertiary/aromatic N) is 2. The van der Waals surface area contributed by atoms with E-state index in [0.717, 1.165) is 47.3 Å². The third kappa shape index (κ3) is 7.66. The number of aromatic nitrogens is 2. The average Bonchev–Trinajstić information content (AvgIpc) is 3.41. The molecular formula is C29H35ClN2O3. The van der Waals surface area contributed by atoms with E-state index in [4.69, 9.17) is 21.1 Å². The second kappa shape index (κ2) is 14.9. The Kier molecular flexibility index (Phi) is 12.0. The lowest BCUT2D eigenvalue weighted by atomic mass is 10.0. The molecule has 0 unspecified atom stereocenters. The molecule has 0 spiro atoms. The molecule has 0 fully saturated rings. The summed E-state index contributed by atoms with van der Waals surface area (Å²) in [5.74, 6) is 0.872. The van der Waals surface area contributed by atoms with Crippen molar-refractivity contribution in [2.24, 2.45) is 0 Å². The van der Waals surface area contributed by atoms with Gasteiger partial charge in [-0.3, -0.25) is 0 Å². The van der Waals surface area contributed by atoms with Crippen LogP contribution >= 0.6 is 11.6 Å². The Morgan fingerprint density at radius 3 is 2.40 bits per heavy atom. The molecule has 35 heavy (non-hydrogen) atoms. The van der Waals surface area contributed by atoms with E-state index < -0.39 is 5.97 Å². The van der Waals surface area contributed by atoms with Crippen molar-refractivity contribution in [3.05, 3.63) is 88.5 Å². The zero-order chi connectivity index (χ0) is 25.6. The van der Waals surface area contributed by atoms with Gasteiger partial charge in [0.15, 0.2) is 11.5 Å². The number of hydrogen-bond acceptors (Lipinski definition) is 5. The number of esters is 1. The van der Waals surface area contributed by atoms with E-state index in [1.165, 1.54) is 0 Å². The van der Waals surface area contributed by atoms with Crippen molar-refractivity contribution in [2.45, 2.75) is 60.5 Å². The summed E-state index contributed by atoms with van der Waals surface area (Å²) in [6.45, 7) is 10.5. The number of halogens is 1. The number of rotatable bonds is 7. The fourth-order valence-corrected chi connectivity index (χ4v) is 3.88. The molecule has 186 valence electrons. The highest BCUT2D eigenvalue weighted by molar-refractivity contribution is 6.30. The molecule has 0 saturated carbocycles. The Morgan fingerprint density at radius 2 is 1.69 bits per heavy atom. The van der Waals surface area contributed by atoms with E-state index in [9.17, 15) is 4.79 Å². The van der Waals surface area contributed by atoms with Crippen LogP contribution in [0.5, 0.6) is 5.75 Å². The first-order chi connectivity index (χ1) is 17.2. The molecule has 2 aromatic carbocycles. The highest BCUT2D eigenvalue weighted by Crippen LogP contribution is 2.42. The predicted octanol–water partition coefficient (Wildman–Crippen LogP) is 8.03. The third-order valence-electron chi connectivity index (χ3n) is 5.13. The molecule has 6 heteroatoms. The van der Waals surface area contributed by atoms with Gasteiger partial charge >= 0.3 is 5.97 Å². The van der Waals surface area contributed by atoms with Gasteiger partial charge in [0.2, 0.25) is 0 Å². The van der Waals surface area contributed by atoms with Crippen molar-refractivity contribution < 1.29 is 14.3 Å². The molecule has 1 aliphatic rings. The molecule has 1 aliphatic carbocycles. The Hall–Kier alpha value is -3.18. The van der Waals surface area contributed by atoms with Gasteiger partial charge in [0.25, 0.3) is 0 Å². The van der Waals surface area contributed by atoms with Crippen LogP contribution < -0.4 is 4.74 Å². The van der Waals surface area contributed by atoms with Crippen molar-refractivity contribution in [3.63, 3.8) is 0 Å². The molecule has 5 nitrogen and oxygen atoms in total. The van der Waals surface area contributed by atoms with E-state index in [1.54, 1.807) is 19.2 Å². The van der Waals surface area contributed by atoms with Gasteiger partial charge in [0.05, 0.1) is 6.61 Å². The van der Waals surface area contributed by atoms with Crippen LogP contribution in [0.25, 0.3) is 11.1 Å². The minimum Gasteiger partial charge on any atom is -0.488 e. The van der Waals surface area contributed by atoms with Crippen LogP contribution in [0.4, 0.5) is 0 Å². The standard InChI is InChI=1S/C25H23ClN2O3.2C2H6/c1-2-30-25(29)22-13-14-27-24(28-22)20-10-6-9-19(20)21-15-18(26)11-12-23(21)31-16-17-7-4-3-5-8-17;2*1-2/h3-5,7-8,11-15H,2,6,9-10,16H2,1H3;2*1-2H3. The van der Waals surface area contributed by atoms with Gasteiger partial charge in [0, 0.05) is 22.4 Å². The molecule has 0 bridgehead atoms. The summed E-state index contributed by atoms with van der Waals surface area (Å²) in [4.78, 5) is 21.0. The highest BCUT2D eigenvalue weighted by atomic mass is 35.5. The van der Waals surface area contributed by atoms with Gasteiger partial charge in [-0.1, -0.05) is 69.6 Å². The molecule has 0 radical (unpaired) electrons. The van der Waals surface area contributed by atoms with Crippen LogP contribution in [-0.2, 0) is 11.3 Å². The minimum absolute atomic E-state index is 0.261. The fourth-order valence-electron chi connectivity index (χ4n) is 3.71. The molecule has 0 N–H and O–H groups in total. The molecule has 1 heterocycles. The van der Waals surface area contributed by atoms with Gasteiger partial charge in [-0.15, -0.1) is 0 Å². The zero-order valence-electron chi connectivity index (χ0n) is 21.3. The number of benzene rings is 2. The molecule has 1 aromatic heterocycles. The molecule has 0 saturated heterocycles. The first-order valence-electron chi connectivity index (χ1n) is 12.3. The van der Waals surface area contributed by atoms with Crippen LogP contribution in [-0.4, -0.2) is 22.5 Å². The zero-order valence-corrected chi connectivity index (χ0v) is 22.1. The molecule has 3 aromatic rings. The summed E-state index contributed by atoms with van der Waals surface area (Å²) in [5.41, 5.74) is 4.41. The lowest BCUT2D eigenvalue weighted by Crippen LogP contribution is -2.09. The molecule has 0 atom stereocenters. The lowest BCUT2D eigenvalue weighted by Gasteiger charge is -2.15. The first kappa shape index (κ1) is 28.1. The van der Waals surface area contributed by atoms with Crippen molar-refractivity contribution in [3.8, 4) is 5.75 Å². The fraction of sp³-hybridized carbons (Fsp3) is 0.345. The summed E-state index contributed by atoms with van der Waals surface area (Å²) >= 11 is 6.34. The van der Waals surface area contributed by atoms with Gasteiger partial charge in [0.1, 0.15) is 12.4 Å². The molecule has 4 rings (SSSR count). The number of allylic oxidation sites excluding steroid dienone is 2. The third-order valence-corrected chi connectivity index (χ3v) is 5.37. The van der Waals surface area contributed by atoms with Gasteiger partial charge in [-0.05, 0) is 61.6 Å². The summed E-state index contributed by atoms with van der Waals surface area (Å²) in [7, 11) is 0. The normalized spacial score (nSPS) is 12.2. The van der Waals surface area contributed by atoms with E-state index in [1.807, 2.05) is 76.2 Å². The SMILES string of the molecule is CC.CC.CCOC(=O)c1ccnc(C2=C(c3cc(Cl)ccc3OCc3ccccc3)CCC2)n1. The van der Waals surface area contributed by atoms with E-state index in [2.05, 4.69) is 9.97 Å². The summed E-state index contributed by atoms with van der Waals surface area (Å²) in [6.07, 6.45) is 4.27. The summed E-state index contributed by atoms with van der Waals surface area (Å²) < 4.78 is 11.2. The first-order valence-corrected chi connectivity index (χ1v) is 12.7. The van der Waals surface area contributed by atoms with E-state index >= 15 is 0 Å². The van der Waals surface area contributed by atoms with Crippen LogP contribution in [0.3, 0.4) is 0 Å². The van der Waals surface area contributed by atoms with Crippen LogP contribution in [0, 0.1) is 0 Å². The van der Waals surface area contributed by atoms with Crippen molar-refractivity contribution >= 4 is 28.7 Å². The predicted molar refractivity (Wildman–Crippen MR) is 144 cm³/mol. The summed E-state index contributed by atoms with van der Waals surface area (Å²) in [6, 6.07) is 17.3. The van der Waals surface area contributed by atoms with Crippen LogP contribution in [0.1, 0.15) is 81.3 Å². The Bertz CT molecular complexity index is 1110. The van der Waals surface area contributed by atoms with Gasteiger partial charge in [-0.2, -0.15) is 0 Å². The van der Waals surface area contributed by atoms with Gasteiger partial charge in [-0.25, -0.2) is 14.8 Å². The number of ether oxygens (including phenoxy) is 2. The molecular weight excluding hydrogens is 460 g/mol. The Labute approximate surface area is 214 Å². The lowest BCUT2D eigenvalue weighted by molar-refractivity contribution is 0.0519. The smallest absolute Gasteiger partial charge is 0.357 e. The second-order valence-electron chi connectivity index (χ2n) is 7.21. The molecule has 0 aliphatic heterocycles. The Morgan fingerprint density at radius 1 is 0.971 bits per heavy atom.